The van der Waals surface area contributed by atoms with Gasteiger partial charge in [-0.15, -0.1) is 0 Å². The van der Waals surface area contributed by atoms with E-state index in [1.807, 2.05) is 6.07 Å². The van der Waals surface area contributed by atoms with Crippen molar-refractivity contribution in [1.82, 2.24) is 0 Å². The van der Waals surface area contributed by atoms with Crippen LogP contribution in [0, 0.1) is 0 Å². The molecule has 132 valence electrons. The Morgan fingerprint density at radius 3 is 2.85 bits per heavy atom. The lowest BCUT2D eigenvalue weighted by molar-refractivity contribution is -0.144. The van der Waals surface area contributed by atoms with E-state index in [0.717, 1.165) is 0 Å². The number of ether oxygens (including phenoxy) is 3. The van der Waals surface area contributed by atoms with Gasteiger partial charge in [-0.1, -0.05) is 12.1 Å². The van der Waals surface area contributed by atoms with Crippen LogP contribution in [0.1, 0.15) is 6.92 Å². The Morgan fingerprint density at radius 1 is 1.15 bits per heavy atom. The number of rotatable bonds is 3. The number of carbonyl (C=O) groups excluding carboxylic acids is 1. The topological polar surface area (TPSA) is 75.0 Å². The van der Waals surface area contributed by atoms with Gasteiger partial charge in [0, 0.05) is 18.6 Å². The molecule has 1 unspecified atom stereocenters. The monoisotopic (exact) mass is 352 g/mol. The zero-order chi connectivity index (χ0) is 18.1. The van der Waals surface area contributed by atoms with E-state index >= 15 is 0 Å². The van der Waals surface area contributed by atoms with Crippen LogP contribution < -0.4 is 14.9 Å². The summed E-state index contributed by atoms with van der Waals surface area (Å²) in [4.78, 5) is 23.2. The molecule has 0 N–H and O–H groups in total. The maximum atomic E-state index is 12.3. The standard InChI is InChI=1S/C20H16O6/c1-12(21)23-10-14-11-24-20-8-13(6-7-18(20)25-14)19-9-16(22)15-4-2-3-5-17(15)26-19/h2-9,14H,10-11H2,1H3. The Labute approximate surface area is 148 Å². The first kappa shape index (κ1) is 16.2. The molecule has 1 atom stereocenters. The molecule has 1 aromatic heterocycles. The average Bonchev–Trinajstić information content (AvgIpc) is 2.65. The van der Waals surface area contributed by atoms with Gasteiger partial charge in [0.05, 0.1) is 5.39 Å². The Balaban J connectivity index is 1.62. The summed E-state index contributed by atoms with van der Waals surface area (Å²) >= 11 is 0. The van der Waals surface area contributed by atoms with Gasteiger partial charge < -0.3 is 18.6 Å². The molecular weight excluding hydrogens is 336 g/mol. The molecule has 4 rings (SSSR count). The predicted octanol–water partition coefficient (Wildman–Crippen LogP) is 3.16. The number of fused-ring (bicyclic) bond motifs is 2. The van der Waals surface area contributed by atoms with E-state index in [1.54, 1.807) is 36.4 Å². The molecule has 0 fully saturated rings. The van der Waals surface area contributed by atoms with Crippen molar-refractivity contribution in [1.29, 1.82) is 0 Å². The Hall–Kier alpha value is -3.28. The van der Waals surface area contributed by atoms with Crippen molar-refractivity contribution in [3.05, 3.63) is 58.8 Å². The van der Waals surface area contributed by atoms with Gasteiger partial charge in [0.1, 0.15) is 24.6 Å². The van der Waals surface area contributed by atoms with Crippen LogP contribution in [-0.2, 0) is 9.53 Å². The second kappa shape index (κ2) is 6.55. The second-order valence-corrected chi connectivity index (χ2v) is 5.99. The SMILES string of the molecule is CC(=O)OCC1COc2cc(-c3cc(=O)c4ccccc4o3)ccc2O1. The quantitative estimate of drug-likeness (QED) is 0.674. The summed E-state index contributed by atoms with van der Waals surface area (Å²) in [6.45, 7) is 1.75. The number of hydrogen-bond donors (Lipinski definition) is 0. The lowest BCUT2D eigenvalue weighted by Crippen LogP contribution is -2.34. The molecule has 0 amide bonds. The summed E-state index contributed by atoms with van der Waals surface area (Å²) in [6.07, 6.45) is -0.351. The maximum absolute atomic E-state index is 12.3. The van der Waals surface area contributed by atoms with Crippen LogP contribution in [-0.4, -0.2) is 25.3 Å². The Kier molecular flexibility index (Phi) is 4.08. The van der Waals surface area contributed by atoms with Crippen molar-refractivity contribution in [3.63, 3.8) is 0 Å². The number of para-hydroxylation sites is 1. The fraction of sp³-hybridized carbons (Fsp3) is 0.200. The van der Waals surface area contributed by atoms with Crippen molar-refractivity contribution >= 4 is 16.9 Å². The van der Waals surface area contributed by atoms with Crippen LogP contribution >= 0.6 is 0 Å². The highest BCUT2D eigenvalue weighted by molar-refractivity contribution is 5.78. The molecule has 2 aromatic carbocycles. The van der Waals surface area contributed by atoms with Gasteiger partial charge in [-0.3, -0.25) is 9.59 Å². The summed E-state index contributed by atoms with van der Waals surface area (Å²) in [5, 5.41) is 0.544. The van der Waals surface area contributed by atoms with E-state index in [0.29, 0.717) is 33.8 Å². The first-order valence-electron chi connectivity index (χ1n) is 8.20. The first-order valence-corrected chi connectivity index (χ1v) is 8.20. The molecular formula is C20H16O6. The summed E-state index contributed by atoms with van der Waals surface area (Å²) in [5.41, 5.74) is 1.15. The molecule has 1 aliphatic rings. The molecule has 0 spiro atoms. The van der Waals surface area contributed by atoms with Crippen molar-refractivity contribution in [2.24, 2.45) is 0 Å². The van der Waals surface area contributed by atoms with Crippen LogP contribution in [0.5, 0.6) is 11.5 Å². The summed E-state index contributed by atoms with van der Waals surface area (Å²) in [5.74, 6) is 1.21. The van der Waals surface area contributed by atoms with Crippen LogP contribution in [0.3, 0.4) is 0 Å². The van der Waals surface area contributed by atoms with Crippen molar-refractivity contribution in [2.75, 3.05) is 13.2 Å². The van der Waals surface area contributed by atoms with Gasteiger partial charge >= 0.3 is 5.97 Å². The maximum Gasteiger partial charge on any atom is 0.302 e. The molecule has 0 bridgehead atoms. The fourth-order valence-corrected chi connectivity index (χ4v) is 2.81. The predicted molar refractivity (Wildman–Crippen MR) is 94.5 cm³/mol. The molecule has 2 heterocycles. The molecule has 6 nitrogen and oxygen atoms in total. The normalized spacial score (nSPS) is 15.7. The molecule has 3 aromatic rings. The molecule has 0 aliphatic carbocycles. The number of carbonyl (C=O) groups is 1. The highest BCUT2D eigenvalue weighted by Crippen LogP contribution is 2.36. The summed E-state index contributed by atoms with van der Waals surface area (Å²) in [7, 11) is 0. The summed E-state index contributed by atoms with van der Waals surface area (Å²) < 4.78 is 22.3. The highest BCUT2D eigenvalue weighted by atomic mass is 16.6. The van der Waals surface area contributed by atoms with Gasteiger partial charge in [-0.25, -0.2) is 0 Å². The second-order valence-electron chi connectivity index (χ2n) is 5.99. The number of benzene rings is 2. The number of esters is 1. The van der Waals surface area contributed by atoms with Crippen LogP contribution in [0.25, 0.3) is 22.3 Å². The fourth-order valence-electron chi connectivity index (χ4n) is 2.81. The molecule has 0 saturated heterocycles. The van der Waals surface area contributed by atoms with Gasteiger partial charge in [-0.2, -0.15) is 0 Å². The minimum Gasteiger partial charge on any atom is -0.486 e. The zero-order valence-electron chi connectivity index (χ0n) is 14.1. The minimum absolute atomic E-state index is 0.0989. The Morgan fingerprint density at radius 2 is 2.00 bits per heavy atom. The van der Waals surface area contributed by atoms with Crippen molar-refractivity contribution < 1.29 is 23.4 Å². The summed E-state index contributed by atoms with van der Waals surface area (Å²) in [6, 6.07) is 13.9. The van der Waals surface area contributed by atoms with E-state index in [2.05, 4.69) is 0 Å². The minimum atomic E-state index is -0.360. The average molecular weight is 352 g/mol. The Bertz CT molecular complexity index is 1040. The lowest BCUT2D eigenvalue weighted by Gasteiger charge is -2.26. The molecule has 26 heavy (non-hydrogen) atoms. The third kappa shape index (κ3) is 3.13. The third-order valence-electron chi connectivity index (χ3n) is 4.05. The van der Waals surface area contributed by atoms with Crippen molar-refractivity contribution in [2.45, 2.75) is 13.0 Å². The van der Waals surface area contributed by atoms with Crippen molar-refractivity contribution in [3.8, 4) is 22.8 Å². The van der Waals surface area contributed by atoms with Gasteiger partial charge in [0.2, 0.25) is 0 Å². The largest absolute Gasteiger partial charge is 0.486 e. The molecule has 0 radical (unpaired) electrons. The van der Waals surface area contributed by atoms with E-state index in [4.69, 9.17) is 18.6 Å². The van der Waals surface area contributed by atoms with Crippen LogP contribution in [0.15, 0.2) is 57.7 Å². The van der Waals surface area contributed by atoms with Crippen LogP contribution in [0.4, 0.5) is 0 Å². The molecule has 1 aliphatic heterocycles. The first-order chi connectivity index (χ1) is 12.6. The zero-order valence-corrected chi connectivity index (χ0v) is 14.1. The van der Waals surface area contributed by atoms with Crippen LogP contribution in [0.2, 0.25) is 0 Å². The van der Waals surface area contributed by atoms with E-state index in [-0.39, 0.29) is 30.7 Å². The van der Waals surface area contributed by atoms with E-state index in [9.17, 15) is 9.59 Å². The number of hydrogen-bond acceptors (Lipinski definition) is 6. The lowest BCUT2D eigenvalue weighted by atomic mass is 10.1. The van der Waals surface area contributed by atoms with E-state index < -0.39 is 0 Å². The van der Waals surface area contributed by atoms with Gasteiger partial charge in [0.25, 0.3) is 0 Å². The molecule has 0 saturated carbocycles. The van der Waals surface area contributed by atoms with Gasteiger partial charge in [-0.05, 0) is 30.3 Å². The van der Waals surface area contributed by atoms with Gasteiger partial charge in [0.15, 0.2) is 23.0 Å². The third-order valence-corrected chi connectivity index (χ3v) is 4.05. The highest BCUT2D eigenvalue weighted by Gasteiger charge is 2.23. The molecule has 6 heteroatoms. The van der Waals surface area contributed by atoms with E-state index in [1.165, 1.54) is 13.0 Å². The smallest absolute Gasteiger partial charge is 0.302 e.